The van der Waals surface area contributed by atoms with Gasteiger partial charge in [-0.2, -0.15) is 0 Å². The largest absolute Gasteiger partial charge is 0.491 e. The third-order valence-corrected chi connectivity index (χ3v) is 2.88. The Balaban J connectivity index is 2.70. The lowest BCUT2D eigenvalue weighted by Crippen LogP contribution is -2.53. The van der Waals surface area contributed by atoms with Gasteiger partial charge in [0, 0.05) is 6.04 Å². The second-order valence-electron chi connectivity index (χ2n) is 5.58. The SMILES string of the molecule is Cc1ccc(C)c(OCC(C)(CO)NC(C)C)c1. The summed E-state index contributed by atoms with van der Waals surface area (Å²) in [6, 6.07) is 6.46. The second-order valence-corrected chi connectivity index (χ2v) is 5.58. The van der Waals surface area contributed by atoms with E-state index in [0.717, 1.165) is 11.3 Å². The first-order valence-corrected chi connectivity index (χ1v) is 6.45. The fraction of sp³-hybridized carbons (Fsp3) is 0.600. The van der Waals surface area contributed by atoms with Gasteiger partial charge in [0.2, 0.25) is 0 Å². The van der Waals surface area contributed by atoms with E-state index in [1.807, 2.05) is 26.8 Å². The lowest BCUT2D eigenvalue weighted by Gasteiger charge is -2.31. The molecule has 0 radical (unpaired) electrons. The molecule has 0 heterocycles. The maximum atomic E-state index is 9.49. The summed E-state index contributed by atoms with van der Waals surface area (Å²) in [4.78, 5) is 0. The van der Waals surface area contributed by atoms with Gasteiger partial charge in [-0.3, -0.25) is 0 Å². The minimum Gasteiger partial charge on any atom is -0.491 e. The molecule has 0 aliphatic carbocycles. The summed E-state index contributed by atoms with van der Waals surface area (Å²) < 4.78 is 5.85. The Hall–Kier alpha value is -1.06. The first-order valence-electron chi connectivity index (χ1n) is 6.45. The predicted octanol–water partition coefficient (Wildman–Crippen LogP) is 2.43. The van der Waals surface area contributed by atoms with Gasteiger partial charge in [0.25, 0.3) is 0 Å². The Morgan fingerprint density at radius 2 is 2.00 bits per heavy atom. The highest BCUT2D eigenvalue weighted by Crippen LogP contribution is 2.20. The summed E-state index contributed by atoms with van der Waals surface area (Å²) in [6.45, 7) is 10.7. The first kappa shape index (κ1) is 15.0. The van der Waals surface area contributed by atoms with E-state index in [2.05, 4.69) is 31.3 Å². The topological polar surface area (TPSA) is 41.5 Å². The van der Waals surface area contributed by atoms with E-state index in [1.165, 1.54) is 5.56 Å². The zero-order valence-corrected chi connectivity index (χ0v) is 12.1. The number of benzene rings is 1. The number of ether oxygens (including phenoxy) is 1. The fourth-order valence-corrected chi connectivity index (χ4v) is 1.93. The lowest BCUT2D eigenvalue weighted by atomic mass is 10.0. The van der Waals surface area contributed by atoms with Crippen molar-refractivity contribution >= 4 is 0 Å². The highest BCUT2D eigenvalue weighted by molar-refractivity contribution is 5.36. The van der Waals surface area contributed by atoms with Gasteiger partial charge in [-0.25, -0.2) is 0 Å². The smallest absolute Gasteiger partial charge is 0.122 e. The van der Waals surface area contributed by atoms with Crippen LogP contribution in [0.25, 0.3) is 0 Å². The zero-order chi connectivity index (χ0) is 13.8. The summed E-state index contributed by atoms with van der Waals surface area (Å²) in [6.07, 6.45) is 0. The Morgan fingerprint density at radius 3 is 2.56 bits per heavy atom. The summed E-state index contributed by atoms with van der Waals surface area (Å²) >= 11 is 0. The molecular formula is C15H25NO2. The molecule has 0 aliphatic heterocycles. The molecule has 0 fully saturated rings. The Kier molecular flexibility index (Phi) is 5.17. The third-order valence-electron chi connectivity index (χ3n) is 2.88. The Labute approximate surface area is 110 Å². The molecular weight excluding hydrogens is 226 g/mol. The van der Waals surface area contributed by atoms with Crippen LogP contribution >= 0.6 is 0 Å². The van der Waals surface area contributed by atoms with Gasteiger partial charge in [0.15, 0.2) is 0 Å². The number of hydrogen-bond acceptors (Lipinski definition) is 3. The fourth-order valence-electron chi connectivity index (χ4n) is 1.93. The van der Waals surface area contributed by atoms with Crippen LogP contribution in [0.3, 0.4) is 0 Å². The van der Waals surface area contributed by atoms with Crippen molar-refractivity contribution in [2.45, 2.75) is 46.2 Å². The van der Waals surface area contributed by atoms with E-state index in [-0.39, 0.29) is 6.61 Å². The van der Waals surface area contributed by atoms with E-state index in [0.29, 0.717) is 12.6 Å². The predicted molar refractivity (Wildman–Crippen MR) is 75.2 cm³/mol. The number of hydrogen-bond donors (Lipinski definition) is 2. The summed E-state index contributed by atoms with van der Waals surface area (Å²) in [7, 11) is 0. The Bertz CT molecular complexity index is 390. The number of rotatable bonds is 6. The van der Waals surface area contributed by atoms with E-state index in [9.17, 15) is 5.11 Å². The average Bonchev–Trinajstić information content (AvgIpc) is 2.29. The average molecular weight is 251 g/mol. The van der Waals surface area contributed by atoms with Gasteiger partial charge in [0.1, 0.15) is 12.4 Å². The molecule has 3 heteroatoms. The minimum absolute atomic E-state index is 0.0516. The molecule has 0 amide bonds. The number of nitrogens with one attached hydrogen (secondary N) is 1. The molecule has 18 heavy (non-hydrogen) atoms. The standard InChI is InChI=1S/C15H25NO2/c1-11(2)16-15(5,9-17)10-18-14-8-12(3)6-7-13(14)4/h6-8,11,16-17H,9-10H2,1-5H3. The van der Waals surface area contributed by atoms with Gasteiger partial charge >= 0.3 is 0 Å². The molecule has 0 spiro atoms. The van der Waals surface area contributed by atoms with E-state index < -0.39 is 5.54 Å². The van der Waals surface area contributed by atoms with Crippen LogP contribution in [0.1, 0.15) is 31.9 Å². The van der Waals surface area contributed by atoms with Crippen LogP contribution in [0, 0.1) is 13.8 Å². The normalized spacial score (nSPS) is 14.6. The maximum Gasteiger partial charge on any atom is 0.122 e. The molecule has 1 atom stereocenters. The highest BCUT2D eigenvalue weighted by atomic mass is 16.5. The summed E-state index contributed by atoms with van der Waals surface area (Å²) in [5.74, 6) is 0.889. The van der Waals surface area contributed by atoms with E-state index in [4.69, 9.17) is 4.74 Å². The number of aliphatic hydroxyl groups excluding tert-OH is 1. The van der Waals surface area contributed by atoms with Crippen molar-refractivity contribution in [1.82, 2.24) is 5.32 Å². The third kappa shape index (κ3) is 4.31. The van der Waals surface area contributed by atoms with Crippen LogP contribution in [0.2, 0.25) is 0 Å². The van der Waals surface area contributed by atoms with Crippen LogP contribution in [-0.2, 0) is 0 Å². The van der Waals surface area contributed by atoms with Crippen LogP contribution in [0.4, 0.5) is 0 Å². The molecule has 2 N–H and O–H groups in total. The van der Waals surface area contributed by atoms with Crippen molar-refractivity contribution in [3.63, 3.8) is 0 Å². The highest BCUT2D eigenvalue weighted by Gasteiger charge is 2.25. The van der Waals surface area contributed by atoms with Gasteiger partial charge in [-0.1, -0.05) is 26.0 Å². The molecule has 1 unspecified atom stereocenters. The van der Waals surface area contributed by atoms with Gasteiger partial charge in [-0.05, 0) is 38.0 Å². The van der Waals surface area contributed by atoms with Crippen molar-refractivity contribution in [2.75, 3.05) is 13.2 Å². The molecule has 3 nitrogen and oxygen atoms in total. The molecule has 0 aliphatic rings. The quantitative estimate of drug-likeness (QED) is 0.816. The van der Waals surface area contributed by atoms with Crippen LogP contribution in [0.15, 0.2) is 18.2 Å². The Morgan fingerprint density at radius 1 is 1.33 bits per heavy atom. The van der Waals surface area contributed by atoms with Crippen LogP contribution in [-0.4, -0.2) is 29.9 Å². The van der Waals surface area contributed by atoms with E-state index in [1.54, 1.807) is 0 Å². The van der Waals surface area contributed by atoms with Crippen molar-refractivity contribution < 1.29 is 9.84 Å². The van der Waals surface area contributed by atoms with Crippen molar-refractivity contribution in [3.8, 4) is 5.75 Å². The first-order chi connectivity index (χ1) is 8.36. The summed E-state index contributed by atoms with van der Waals surface area (Å²) in [5.41, 5.74) is 1.88. The number of aryl methyl sites for hydroxylation is 2. The van der Waals surface area contributed by atoms with E-state index >= 15 is 0 Å². The molecule has 0 bridgehead atoms. The van der Waals surface area contributed by atoms with Gasteiger partial charge in [-0.15, -0.1) is 0 Å². The van der Waals surface area contributed by atoms with Crippen molar-refractivity contribution in [1.29, 1.82) is 0 Å². The van der Waals surface area contributed by atoms with Crippen LogP contribution in [0.5, 0.6) is 5.75 Å². The lowest BCUT2D eigenvalue weighted by molar-refractivity contribution is 0.108. The zero-order valence-electron chi connectivity index (χ0n) is 12.1. The number of aliphatic hydroxyl groups is 1. The molecule has 102 valence electrons. The summed E-state index contributed by atoms with van der Waals surface area (Å²) in [5, 5.41) is 12.8. The molecule has 1 aromatic rings. The van der Waals surface area contributed by atoms with Gasteiger partial charge in [0.05, 0.1) is 12.1 Å². The van der Waals surface area contributed by atoms with Crippen molar-refractivity contribution in [3.05, 3.63) is 29.3 Å². The second kappa shape index (κ2) is 6.21. The molecule has 1 rings (SSSR count). The van der Waals surface area contributed by atoms with Crippen molar-refractivity contribution in [2.24, 2.45) is 0 Å². The van der Waals surface area contributed by atoms with Crippen LogP contribution < -0.4 is 10.1 Å². The molecule has 1 aromatic carbocycles. The minimum atomic E-state index is -0.412. The molecule has 0 saturated heterocycles. The van der Waals surface area contributed by atoms with Gasteiger partial charge < -0.3 is 15.2 Å². The monoisotopic (exact) mass is 251 g/mol. The molecule has 0 aromatic heterocycles. The molecule has 0 saturated carbocycles. The maximum absolute atomic E-state index is 9.49.